The van der Waals surface area contributed by atoms with Crippen LogP contribution in [-0.4, -0.2) is 21.8 Å². The maximum absolute atomic E-state index is 12.4. The summed E-state index contributed by atoms with van der Waals surface area (Å²) in [5.41, 5.74) is 4.15. The number of phenols is 2. The third-order valence-electron chi connectivity index (χ3n) is 3.94. The molecule has 0 aliphatic rings. The van der Waals surface area contributed by atoms with Gasteiger partial charge in [0.2, 0.25) is 0 Å². The van der Waals surface area contributed by atoms with E-state index in [2.05, 4.69) is 10.5 Å². The van der Waals surface area contributed by atoms with Gasteiger partial charge in [0.1, 0.15) is 11.5 Å². The van der Waals surface area contributed by atoms with E-state index in [0.29, 0.717) is 12.1 Å². The number of hydrazone groups is 1. The largest absolute Gasteiger partial charge is 0.508 e. The second-order valence-corrected chi connectivity index (χ2v) is 5.62. The molecule has 0 radical (unpaired) electrons. The molecule has 0 aromatic heterocycles. The molecule has 0 aliphatic carbocycles. The fraction of sp³-hybridized carbons (Fsp3) is 0.100. The molecule has 0 saturated heterocycles. The van der Waals surface area contributed by atoms with Crippen LogP contribution in [0.3, 0.4) is 0 Å². The fourth-order valence-corrected chi connectivity index (χ4v) is 2.59. The fourth-order valence-electron chi connectivity index (χ4n) is 2.59. The normalized spacial score (nSPS) is 11.5. The van der Waals surface area contributed by atoms with Gasteiger partial charge < -0.3 is 10.2 Å². The van der Waals surface area contributed by atoms with Gasteiger partial charge in [0, 0.05) is 0 Å². The number of benzene rings is 3. The summed E-state index contributed by atoms with van der Waals surface area (Å²) in [4.78, 5) is 12.4. The Bertz CT molecular complexity index is 947. The summed E-state index contributed by atoms with van der Waals surface area (Å²) < 4.78 is 0. The number of fused-ring (bicyclic) bond motifs is 1. The average Bonchev–Trinajstić information content (AvgIpc) is 2.62. The third-order valence-corrected chi connectivity index (χ3v) is 3.94. The lowest BCUT2D eigenvalue weighted by Crippen LogP contribution is -2.20. The van der Waals surface area contributed by atoms with Crippen LogP contribution in [0, 0.1) is 0 Å². The maximum atomic E-state index is 12.4. The lowest BCUT2D eigenvalue weighted by atomic mass is 10.1. The van der Waals surface area contributed by atoms with E-state index >= 15 is 0 Å². The number of phenolic OH excluding ortho intramolecular Hbond substituents is 2. The monoisotopic (exact) mass is 334 g/mol. The van der Waals surface area contributed by atoms with E-state index in [0.717, 1.165) is 16.3 Å². The summed E-state index contributed by atoms with van der Waals surface area (Å²) in [6.07, 6.45) is 0.606. The van der Waals surface area contributed by atoms with E-state index in [1.165, 1.54) is 0 Å². The van der Waals surface area contributed by atoms with Crippen molar-refractivity contribution in [1.82, 2.24) is 5.43 Å². The summed E-state index contributed by atoms with van der Waals surface area (Å²) in [6.45, 7) is 1.92. The van der Waals surface area contributed by atoms with E-state index in [4.69, 9.17) is 0 Å². The summed E-state index contributed by atoms with van der Waals surface area (Å²) in [5.74, 6) is -0.397. The minimum atomic E-state index is -0.479. The zero-order valence-corrected chi connectivity index (χ0v) is 13.7. The zero-order chi connectivity index (χ0) is 17.8. The Kier molecular flexibility index (Phi) is 4.66. The van der Waals surface area contributed by atoms with Crippen LogP contribution >= 0.6 is 0 Å². The van der Waals surface area contributed by atoms with Crippen LogP contribution in [-0.2, 0) is 0 Å². The van der Waals surface area contributed by atoms with Gasteiger partial charge in [-0.1, -0.05) is 31.2 Å². The number of carbonyl (C=O) groups excluding carboxylic acids is 1. The molecule has 0 aliphatic heterocycles. The van der Waals surface area contributed by atoms with Crippen molar-refractivity contribution in [2.24, 2.45) is 5.10 Å². The first kappa shape index (κ1) is 16.5. The first-order chi connectivity index (χ1) is 12.1. The SMILES string of the molecule is CC/C(=N/NC(=O)c1cc2ccccc2cc1O)c1ccc(O)cc1. The molecule has 0 atom stereocenters. The number of amides is 1. The highest BCUT2D eigenvalue weighted by atomic mass is 16.3. The Morgan fingerprint density at radius 1 is 1.00 bits per heavy atom. The lowest BCUT2D eigenvalue weighted by molar-refractivity contribution is 0.0952. The van der Waals surface area contributed by atoms with Crippen LogP contribution in [0.25, 0.3) is 10.8 Å². The predicted octanol–water partition coefficient (Wildman–Crippen LogP) is 3.80. The van der Waals surface area contributed by atoms with Crippen LogP contribution in [0.2, 0.25) is 0 Å². The number of hydrogen-bond acceptors (Lipinski definition) is 4. The molecule has 5 heteroatoms. The minimum absolute atomic E-state index is 0.0888. The number of aromatic hydroxyl groups is 2. The van der Waals surface area contributed by atoms with E-state index in [1.807, 2.05) is 31.2 Å². The highest BCUT2D eigenvalue weighted by Crippen LogP contribution is 2.24. The van der Waals surface area contributed by atoms with E-state index < -0.39 is 5.91 Å². The third kappa shape index (κ3) is 3.61. The summed E-state index contributed by atoms with van der Waals surface area (Å²) in [5, 5.41) is 25.4. The van der Waals surface area contributed by atoms with Crippen molar-refractivity contribution in [2.75, 3.05) is 0 Å². The van der Waals surface area contributed by atoms with Crippen LogP contribution in [0.15, 0.2) is 65.8 Å². The number of hydrogen-bond donors (Lipinski definition) is 3. The number of carbonyl (C=O) groups is 1. The maximum Gasteiger partial charge on any atom is 0.275 e. The molecule has 0 bridgehead atoms. The molecule has 25 heavy (non-hydrogen) atoms. The smallest absolute Gasteiger partial charge is 0.275 e. The van der Waals surface area contributed by atoms with Crippen molar-refractivity contribution >= 4 is 22.4 Å². The Hall–Kier alpha value is -3.34. The molecule has 0 fully saturated rings. The molecule has 0 spiro atoms. The van der Waals surface area contributed by atoms with E-state index in [-0.39, 0.29) is 17.1 Å². The quantitative estimate of drug-likeness (QED) is 0.501. The molecule has 0 heterocycles. The molecule has 3 aromatic carbocycles. The Balaban J connectivity index is 1.86. The highest BCUT2D eigenvalue weighted by molar-refractivity contribution is 6.04. The van der Waals surface area contributed by atoms with Gasteiger partial charge in [0.15, 0.2) is 0 Å². The number of rotatable bonds is 4. The minimum Gasteiger partial charge on any atom is -0.508 e. The molecular formula is C20H18N2O3. The van der Waals surface area contributed by atoms with Gasteiger partial charge in [0.25, 0.3) is 5.91 Å². The molecule has 3 aromatic rings. The van der Waals surface area contributed by atoms with Crippen molar-refractivity contribution in [3.05, 3.63) is 71.8 Å². The van der Waals surface area contributed by atoms with Gasteiger partial charge in [-0.2, -0.15) is 5.10 Å². The van der Waals surface area contributed by atoms with E-state index in [1.54, 1.807) is 36.4 Å². The summed E-state index contributed by atoms with van der Waals surface area (Å²) >= 11 is 0. The topological polar surface area (TPSA) is 81.9 Å². The summed E-state index contributed by atoms with van der Waals surface area (Å²) in [7, 11) is 0. The predicted molar refractivity (Wildman–Crippen MR) is 98.0 cm³/mol. The number of nitrogens with zero attached hydrogens (tertiary/aromatic N) is 1. The first-order valence-corrected chi connectivity index (χ1v) is 7.96. The highest BCUT2D eigenvalue weighted by Gasteiger charge is 2.12. The van der Waals surface area contributed by atoms with Crippen LogP contribution in [0.1, 0.15) is 29.3 Å². The molecule has 5 nitrogen and oxygen atoms in total. The number of nitrogens with one attached hydrogen (secondary N) is 1. The van der Waals surface area contributed by atoms with Gasteiger partial charge in [-0.25, -0.2) is 5.43 Å². The van der Waals surface area contributed by atoms with E-state index in [9.17, 15) is 15.0 Å². The standard InChI is InChI=1S/C20H18N2O3/c1-2-18(13-7-9-16(23)10-8-13)21-22-20(25)17-11-14-5-3-4-6-15(14)12-19(17)24/h3-12,23-24H,2H2,1H3,(H,22,25)/b21-18-. The second-order valence-electron chi connectivity index (χ2n) is 5.62. The van der Waals surface area contributed by atoms with Gasteiger partial charge in [-0.3, -0.25) is 4.79 Å². The van der Waals surface area contributed by atoms with Crippen molar-refractivity contribution in [3.63, 3.8) is 0 Å². The molecular weight excluding hydrogens is 316 g/mol. The van der Waals surface area contributed by atoms with Crippen molar-refractivity contribution in [1.29, 1.82) is 0 Å². The Morgan fingerprint density at radius 2 is 1.64 bits per heavy atom. The van der Waals surface area contributed by atoms with Crippen molar-refractivity contribution in [3.8, 4) is 11.5 Å². The Labute approximate surface area is 145 Å². The van der Waals surface area contributed by atoms with Gasteiger partial charge >= 0.3 is 0 Å². The average molecular weight is 334 g/mol. The van der Waals surface area contributed by atoms with Gasteiger partial charge in [0.05, 0.1) is 11.3 Å². The molecule has 0 saturated carbocycles. The van der Waals surface area contributed by atoms with Crippen LogP contribution in [0.4, 0.5) is 0 Å². The first-order valence-electron chi connectivity index (χ1n) is 7.96. The summed E-state index contributed by atoms with van der Waals surface area (Å²) in [6, 6.07) is 17.3. The molecule has 0 unspecified atom stereocenters. The van der Waals surface area contributed by atoms with Crippen molar-refractivity contribution in [2.45, 2.75) is 13.3 Å². The van der Waals surface area contributed by atoms with Crippen LogP contribution in [0.5, 0.6) is 11.5 Å². The van der Waals surface area contributed by atoms with Crippen LogP contribution < -0.4 is 5.43 Å². The molecule has 126 valence electrons. The van der Waals surface area contributed by atoms with Gasteiger partial charge in [-0.05, 0) is 59.2 Å². The zero-order valence-electron chi connectivity index (χ0n) is 13.7. The lowest BCUT2D eigenvalue weighted by Gasteiger charge is -2.08. The molecule has 3 rings (SSSR count). The molecule has 1 amide bonds. The Morgan fingerprint density at radius 3 is 2.28 bits per heavy atom. The second kappa shape index (κ2) is 7.05. The van der Waals surface area contributed by atoms with Crippen molar-refractivity contribution < 1.29 is 15.0 Å². The van der Waals surface area contributed by atoms with Gasteiger partial charge in [-0.15, -0.1) is 0 Å². The molecule has 3 N–H and O–H groups in total.